The molecule has 1 saturated heterocycles. The number of methoxy groups -OCH3 is 1. The lowest BCUT2D eigenvalue weighted by molar-refractivity contribution is 0.0536. The molecule has 5 heteroatoms. The van der Waals surface area contributed by atoms with Crippen LogP contribution in [0.5, 0.6) is 0 Å². The van der Waals surface area contributed by atoms with Crippen LogP contribution in [0.25, 0.3) is 0 Å². The molecule has 0 spiro atoms. The van der Waals surface area contributed by atoms with E-state index in [2.05, 4.69) is 41.4 Å². The Morgan fingerprint density at radius 1 is 1.26 bits per heavy atom. The minimum absolute atomic E-state index is 0.555. The fourth-order valence-electron chi connectivity index (χ4n) is 4.22. The first kappa shape index (κ1) is 20.2. The van der Waals surface area contributed by atoms with Crippen LogP contribution in [-0.4, -0.2) is 64.0 Å². The van der Waals surface area contributed by atoms with E-state index in [9.17, 15) is 0 Å². The van der Waals surface area contributed by atoms with Gasteiger partial charge in [0.2, 0.25) is 0 Å². The number of aliphatic imine (C=N–C) groups is 1. The molecule has 0 bridgehead atoms. The number of fused-ring (bicyclic) bond motifs is 1. The van der Waals surface area contributed by atoms with Crippen LogP contribution < -0.4 is 5.32 Å². The second-order valence-electron chi connectivity index (χ2n) is 7.65. The molecule has 5 nitrogen and oxygen atoms in total. The number of benzene rings is 1. The second kappa shape index (κ2) is 10.7. The fourth-order valence-corrected chi connectivity index (χ4v) is 4.22. The molecule has 2 unspecified atom stereocenters. The van der Waals surface area contributed by atoms with Crippen molar-refractivity contribution in [3.63, 3.8) is 0 Å². The van der Waals surface area contributed by atoms with Crippen LogP contribution in [-0.2, 0) is 15.9 Å². The molecule has 150 valence electrons. The highest BCUT2D eigenvalue weighted by Gasteiger charge is 2.26. The largest absolute Gasteiger partial charge is 0.382 e. The maximum atomic E-state index is 5.73. The predicted molar refractivity (Wildman–Crippen MR) is 110 cm³/mol. The first-order valence-corrected chi connectivity index (χ1v) is 10.5. The Labute approximate surface area is 164 Å². The van der Waals surface area contributed by atoms with E-state index in [1.54, 1.807) is 7.11 Å². The van der Waals surface area contributed by atoms with Crippen molar-refractivity contribution < 1.29 is 9.47 Å². The van der Waals surface area contributed by atoms with Gasteiger partial charge in [0.25, 0.3) is 0 Å². The van der Waals surface area contributed by atoms with Crippen molar-refractivity contribution >= 4 is 5.96 Å². The van der Waals surface area contributed by atoms with Crippen molar-refractivity contribution in [3.8, 4) is 0 Å². The average Bonchev–Trinajstić information content (AvgIpc) is 3.17. The number of nitrogens with zero attached hydrogens (tertiary/aromatic N) is 2. The van der Waals surface area contributed by atoms with Crippen molar-refractivity contribution in [2.24, 2.45) is 10.9 Å². The Bertz CT molecular complexity index is 605. The van der Waals surface area contributed by atoms with Crippen molar-refractivity contribution in [2.75, 3.05) is 53.1 Å². The smallest absolute Gasteiger partial charge is 0.193 e. The van der Waals surface area contributed by atoms with Crippen LogP contribution in [0.15, 0.2) is 29.3 Å². The first-order valence-electron chi connectivity index (χ1n) is 10.5. The van der Waals surface area contributed by atoms with Crippen molar-refractivity contribution in [2.45, 2.75) is 38.5 Å². The normalized spacial score (nSPS) is 22.7. The van der Waals surface area contributed by atoms with Gasteiger partial charge in [-0.2, -0.15) is 0 Å². The highest BCUT2D eigenvalue weighted by atomic mass is 16.5. The first-order chi connectivity index (χ1) is 13.3. The molecule has 0 saturated carbocycles. The topological polar surface area (TPSA) is 46.1 Å². The number of ether oxygens (including phenoxy) is 2. The van der Waals surface area contributed by atoms with E-state index in [0.29, 0.717) is 25.0 Å². The molecule has 3 rings (SSSR count). The van der Waals surface area contributed by atoms with E-state index < -0.39 is 0 Å². The third-order valence-corrected chi connectivity index (χ3v) is 5.66. The van der Waals surface area contributed by atoms with Gasteiger partial charge in [-0.3, -0.25) is 4.99 Å². The summed E-state index contributed by atoms with van der Waals surface area (Å²) in [7, 11) is 1.71. The van der Waals surface area contributed by atoms with E-state index in [4.69, 9.17) is 14.5 Å². The molecule has 2 aliphatic rings. The number of aryl methyl sites for hydroxylation is 1. The number of hydrogen-bond acceptors (Lipinski definition) is 3. The van der Waals surface area contributed by atoms with Crippen LogP contribution in [0.1, 0.15) is 43.2 Å². The molecule has 1 N–H and O–H groups in total. The number of likely N-dealkylation sites (tertiary alicyclic amines) is 1. The molecule has 0 radical (unpaired) electrons. The van der Waals surface area contributed by atoms with Gasteiger partial charge in [-0.15, -0.1) is 0 Å². The third-order valence-electron chi connectivity index (χ3n) is 5.66. The summed E-state index contributed by atoms with van der Waals surface area (Å²) in [4.78, 5) is 7.44. The molecule has 1 aromatic carbocycles. The molecule has 1 aliphatic carbocycles. The molecule has 0 aromatic heterocycles. The summed E-state index contributed by atoms with van der Waals surface area (Å²) in [5.74, 6) is 2.21. The zero-order chi connectivity index (χ0) is 18.9. The van der Waals surface area contributed by atoms with E-state index >= 15 is 0 Å². The molecule has 1 aliphatic heterocycles. The predicted octanol–water partition coefficient (Wildman–Crippen LogP) is 3.06. The SMILES string of the molecule is CCNC(=NCC1CCCc2ccccc21)N1CCC(COCCOC)C1. The Morgan fingerprint density at radius 2 is 2.15 bits per heavy atom. The van der Waals surface area contributed by atoms with Gasteiger partial charge in [-0.1, -0.05) is 24.3 Å². The van der Waals surface area contributed by atoms with Gasteiger partial charge < -0.3 is 19.7 Å². The van der Waals surface area contributed by atoms with Gasteiger partial charge in [-0.25, -0.2) is 0 Å². The zero-order valence-electron chi connectivity index (χ0n) is 17.0. The Hall–Kier alpha value is -1.59. The fraction of sp³-hybridized carbons (Fsp3) is 0.682. The van der Waals surface area contributed by atoms with E-state index in [1.807, 2.05) is 0 Å². The highest BCUT2D eigenvalue weighted by Crippen LogP contribution is 2.31. The van der Waals surface area contributed by atoms with Gasteiger partial charge in [0.1, 0.15) is 0 Å². The molecule has 27 heavy (non-hydrogen) atoms. The monoisotopic (exact) mass is 373 g/mol. The summed E-state index contributed by atoms with van der Waals surface area (Å²) in [5, 5.41) is 3.50. The number of guanidine groups is 1. The average molecular weight is 374 g/mol. The molecule has 0 amide bonds. The van der Waals surface area contributed by atoms with Crippen LogP contribution in [0.3, 0.4) is 0 Å². The zero-order valence-corrected chi connectivity index (χ0v) is 17.0. The van der Waals surface area contributed by atoms with Gasteiger partial charge >= 0.3 is 0 Å². The van der Waals surface area contributed by atoms with E-state index in [0.717, 1.165) is 38.7 Å². The van der Waals surface area contributed by atoms with Gasteiger partial charge in [0, 0.05) is 45.1 Å². The lowest BCUT2D eigenvalue weighted by atomic mass is 9.83. The summed E-state index contributed by atoms with van der Waals surface area (Å²) in [5.41, 5.74) is 3.03. The molecule has 2 atom stereocenters. The summed E-state index contributed by atoms with van der Waals surface area (Å²) in [6, 6.07) is 8.91. The number of rotatable bonds is 8. The van der Waals surface area contributed by atoms with Crippen LogP contribution in [0, 0.1) is 5.92 Å². The third kappa shape index (κ3) is 5.69. The number of hydrogen-bond donors (Lipinski definition) is 1. The Balaban J connectivity index is 1.56. The van der Waals surface area contributed by atoms with E-state index in [1.165, 1.54) is 36.8 Å². The Morgan fingerprint density at radius 3 is 3.00 bits per heavy atom. The maximum absolute atomic E-state index is 5.73. The molecular formula is C22H35N3O2. The lowest BCUT2D eigenvalue weighted by Crippen LogP contribution is -2.40. The van der Waals surface area contributed by atoms with E-state index in [-0.39, 0.29) is 0 Å². The minimum atomic E-state index is 0.555. The standard InChI is InChI=1S/C22H35N3O2/c1-3-23-22(25-12-11-18(16-25)17-27-14-13-26-2)24-15-20-9-6-8-19-7-4-5-10-21(19)20/h4-5,7,10,18,20H,3,6,8-9,11-17H2,1-2H3,(H,23,24). The van der Waals surface area contributed by atoms with Crippen LogP contribution in [0.2, 0.25) is 0 Å². The summed E-state index contributed by atoms with van der Waals surface area (Å²) in [6.07, 6.45) is 4.91. The molecule has 1 heterocycles. The lowest BCUT2D eigenvalue weighted by Gasteiger charge is -2.26. The van der Waals surface area contributed by atoms with Gasteiger partial charge in [-0.05, 0) is 43.7 Å². The second-order valence-corrected chi connectivity index (χ2v) is 7.65. The summed E-state index contributed by atoms with van der Waals surface area (Å²) in [6.45, 7) is 8.19. The molecule has 1 aromatic rings. The highest BCUT2D eigenvalue weighted by molar-refractivity contribution is 5.80. The van der Waals surface area contributed by atoms with Crippen LogP contribution in [0.4, 0.5) is 0 Å². The van der Waals surface area contributed by atoms with Gasteiger partial charge in [0.05, 0.1) is 19.8 Å². The van der Waals surface area contributed by atoms with Crippen molar-refractivity contribution in [3.05, 3.63) is 35.4 Å². The van der Waals surface area contributed by atoms with Crippen molar-refractivity contribution in [1.29, 1.82) is 0 Å². The van der Waals surface area contributed by atoms with Crippen molar-refractivity contribution in [1.82, 2.24) is 10.2 Å². The number of nitrogens with one attached hydrogen (secondary N) is 1. The minimum Gasteiger partial charge on any atom is -0.382 e. The quantitative estimate of drug-likeness (QED) is 0.432. The molecular weight excluding hydrogens is 338 g/mol. The maximum Gasteiger partial charge on any atom is 0.193 e. The summed E-state index contributed by atoms with van der Waals surface area (Å²) < 4.78 is 10.8. The van der Waals surface area contributed by atoms with Crippen LogP contribution >= 0.6 is 0 Å². The summed E-state index contributed by atoms with van der Waals surface area (Å²) >= 11 is 0. The van der Waals surface area contributed by atoms with Gasteiger partial charge in [0.15, 0.2) is 5.96 Å². The Kier molecular flexibility index (Phi) is 7.96. The molecule has 1 fully saturated rings.